The molecule has 5 heteroatoms. The van der Waals surface area contributed by atoms with Crippen LogP contribution in [0.15, 0.2) is 83.0 Å². The average molecular weight is 478 g/mol. The van der Waals surface area contributed by atoms with Crippen LogP contribution in [-0.4, -0.2) is 28.2 Å². The van der Waals surface area contributed by atoms with Crippen molar-refractivity contribution in [2.45, 2.75) is 72.8 Å². The van der Waals surface area contributed by atoms with Gasteiger partial charge in [0.25, 0.3) is 0 Å². The zero-order valence-corrected chi connectivity index (χ0v) is 21.6. The largest absolute Gasteiger partial charge is 0.481 e. The second-order valence-electron chi connectivity index (χ2n) is 10.0. The van der Waals surface area contributed by atoms with Crippen LogP contribution in [-0.2, 0) is 16.0 Å². The first-order valence-corrected chi connectivity index (χ1v) is 12.2. The molecular weight excluding hydrogens is 438 g/mol. The Hall–Kier alpha value is -3.18. The number of anilines is 1. The van der Waals surface area contributed by atoms with E-state index in [1.165, 1.54) is 36.5 Å². The van der Waals surface area contributed by atoms with Gasteiger partial charge in [-0.25, -0.2) is 0 Å². The Morgan fingerprint density at radius 2 is 1.86 bits per heavy atom. The molecular formula is C30H39NO4. The van der Waals surface area contributed by atoms with Crippen molar-refractivity contribution in [2.24, 2.45) is 5.41 Å². The second kappa shape index (κ2) is 13.1. The Labute approximate surface area is 209 Å². The van der Waals surface area contributed by atoms with Crippen molar-refractivity contribution in [2.75, 3.05) is 5.32 Å². The zero-order valence-electron chi connectivity index (χ0n) is 21.6. The molecule has 0 aliphatic heterocycles. The topological polar surface area (TPSA) is 86.6 Å². The van der Waals surface area contributed by atoms with Gasteiger partial charge in [-0.05, 0) is 68.2 Å². The summed E-state index contributed by atoms with van der Waals surface area (Å²) < 4.78 is 0. The predicted octanol–water partition coefficient (Wildman–Crippen LogP) is 6.53. The summed E-state index contributed by atoms with van der Waals surface area (Å²) in [4.78, 5) is 23.3. The molecule has 1 aromatic rings. The van der Waals surface area contributed by atoms with E-state index in [0.29, 0.717) is 11.3 Å². The van der Waals surface area contributed by atoms with Crippen molar-refractivity contribution in [3.8, 4) is 0 Å². The number of allylic oxidation sites excluding steroid dienone is 9. The zero-order chi connectivity index (χ0) is 26.0. The third kappa shape index (κ3) is 9.53. The van der Waals surface area contributed by atoms with E-state index in [1.807, 2.05) is 25.2 Å². The highest BCUT2D eigenvalue weighted by molar-refractivity contribution is 6.00. The molecule has 1 aliphatic carbocycles. The molecule has 0 aromatic heterocycles. The summed E-state index contributed by atoms with van der Waals surface area (Å²) in [5.74, 6) is -1.34. The first-order valence-electron chi connectivity index (χ1n) is 12.2. The third-order valence-electron chi connectivity index (χ3n) is 6.27. The number of benzene rings is 1. The van der Waals surface area contributed by atoms with Crippen LogP contribution >= 0.6 is 0 Å². The quantitative estimate of drug-likeness (QED) is 0.264. The van der Waals surface area contributed by atoms with Gasteiger partial charge in [0, 0.05) is 18.2 Å². The van der Waals surface area contributed by atoms with Gasteiger partial charge in [0.05, 0.1) is 12.5 Å². The normalized spacial score (nSPS) is 17.8. The number of para-hydroxylation sites is 1. The van der Waals surface area contributed by atoms with E-state index in [2.05, 4.69) is 45.2 Å². The van der Waals surface area contributed by atoms with Crippen LogP contribution in [0.4, 0.5) is 5.69 Å². The number of carboxylic acid groups (broad SMARTS) is 1. The molecule has 3 N–H and O–H groups in total. The van der Waals surface area contributed by atoms with Gasteiger partial charge in [0.2, 0.25) is 5.91 Å². The van der Waals surface area contributed by atoms with Crippen molar-refractivity contribution in [1.82, 2.24) is 0 Å². The van der Waals surface area contributed by atoms with Gasteiger partial charge in [-0.2, -0.15) is 0 Å². The fourth-order valence-electron chi connectivity index (χ4n) is 4.40. The molecule has 0 bridgehead atoms. The lowest BCUT2D eigenvalue weighted by molar-refractivity contribution is -0.139. The molecule has 35 heavy (non-hydrogen) atoms. The van der Waals surface area contributed by atoms with Crippen LogP contribution in [0.3, 0.4) is 0 Å². The third-order valence-corrected chi connectivity index (χ3v) is 6.27. The summed E-state index contributed by atoms with van der Waals surface area (Å²) in [5.41, 5.74) is 6.31. The van der Waals surface area contributed by atoms with Gasteiger partial charge in [-0.1, -0.05) is 73.6 Å². The summed E-state index contributed by atoms with van der Waals surface area (Å²) in [5, 5.41) is 21.6. The van der Waals surface area contributed by atoms with E-state index >= 15 is 0 Å². The Kier molecular flexibility index (Phi) is 10.5. The lowest BCUT2D eigenvalue weighted by Gasteiger charge is -2.32. The first kappa shape index (κ1) is 28.1. The SMILES string of the molecule is CC1=C(/C=C/C(C)=C/C=C/C(C)=C/C(=O)Nc2ccccc2CC(O)CC(=O)O)C(C)(C)CCC1. The lowest BCUT2D eigenvalue weighted by atomic mass is 9.72. The maximum absolute atomic E-state index is 12.5. The number of amides is 1. The molecule has 1 atom stereocenters. The lowest BCUT2D eigenvalue weighted by Crippen LogP contribution is -2.19. The van der Waals surface area contributed by atoms with Gasteiger partial charge < -0.3 is 15.5 Å². The van der Waals surface area contributed by atoms with Crippen LogP contribution in [0, 0.1) is 5.41 Å². The molecule has 2 rings (SSSR count). The van der Waals surface area contributed by atoms with Crippen LogP contribution in [0.5, 0.6) is 0 Å². The van der Waals surface area contributed by atoms with Crippen LogP contribution in [0.1, 0.15) is 65.9 Å². The van der Waals surface area contributed by atoms with Gasteiger partial charge in [0.15, 0.2) is 0 Å². The smallest absolute Gasteiger partial charge is 0.305 e. The fourth-order valence-corrected chi connectivity index (χ4v) is 4.40. The summed E-state index contributed by atoms with van der Waals surface area (Å²) in [6.07, 6.45) is 14.2. The Morgan fingerprint density at radius 3 is 2.54 bits per heavy atom. The molecule has 188 valence electrons. The fraction of sp³-hybridized carbons (Fsp3) is 0.400. The number of carbonyl (C=O) groups is 2. The van der Waals surface area contributed by atoms with E-state index in [-0.39, 0.29) is 24.2 Å². The van der Waals surface area contributed by atoms with E-state index in [1.54, 1.807) is 24.3 Å². The Morgan fingerprint density at radius 1 is 1.14 bits per heavy atom. The molecule has 1 aromatic carbocycles. The minimum Gasteiger partial charge on any atom is -0.481 e. The number of hydrogen-bond acceptors (Lipinski definition) is 3. The van der Waals surface area contributed by atoms with Crippen molar-refractivity contribution in [1.29, 1.82) is 0 Å². The molecule has 5 nitrogen and oxygen atoms in total. The molecule has 0 fully saturated rings. The number of nitrogens with one attached hydrogen (secondary N) is 1. The standard InChI is InChI=1S/C30H39NO4/c1-21(15-16-26-23(3)12-9-17-30(26,4)5)10-8-11-22(2)18-28(33)31-27-14-7-6-13-24(27)19-25(32)20-29(34)35/h6-8,10-11,13-16,18,25,32H,9,12,17,19-20H2,1-5H3,(H,31,33)(H,34,35)/b11-8+,16-15+,21-10+,22-18+. The predicted molar refractivity (Wildman–Crippen MR) is 143 cm³/mol. The van der Waals surface area contributed by atoms with E-state index < -0.39 is 12.1 Å². The minimum atomic E-state index is -1.06. The van der Waals surface area contributed by atoms with Crippen molar-refractivity contribution in [3.63, 3.8) is 0 Å². The Bertz CT molecular complexity index is 1070. The number of aliphatic hydroxyl groups excluding tert-OH is 1. The molecule has 1 amide bonds. The minimum absolute atomic E-state index is 0.149. The summed E-state index contributed by atoms with van der Waals surface area (Å²) in [6.45, 7) is 10.8. The van der Waals surface area contributed by atoms with Crippen molar-refractivity contribution >= 4 is 17.6 Å². The van der Waals surface area contributed by atoms with Crippen molar-refractivity contribution in [3.05, 3.63) is 88.6 Å². The molecule has 0 spiro atoms. The summed E-state index contributed by atoms with van der Waals surface area (Å²) >= 11 is 0. The number of carboxylic acids is 1. The number of hydrogen-bond donors (Lipinski definition) is 3. The average Bonchev–Trinajstić information content (AvgIpc) is 2.73. The number of aliphatic hydroxyl groups is 1. The number of aliphatic carboxylic acids is 1. The Balaban J connectivity index is 2.00. The van der Waals surface area contributed by atoms with Gasteiger partial charge in [0.1, 0.15) is 0 Å². The van der Waals surface area contributed by atoms with E-state index in [0.717, 1.165) is 11.1 Å². The molecule has 1 aliphatic rings. The van der Waals surface area contributed by atoms with Crippen LogP contribution < -0.4 is 5.32 Å². The van der Waals surface area contributed by atoms with Gasteiger partial charge >= 0.3 is 5.97 Å². The van der Waals surface area contributed by atoms with E-state index in [9.17, 15) is 14.7 Å². The molecule has 1 unspecified atom stereocenters. The molecule has 0 radical (unpaired) electrons. The van der Waals surface area contributed by atoms with E-state index in [4.69, 9.17) is 5.11 Å². The van der Waals surface area contributed by atoms with Gasteiger partial charge in [-0.3, -0.25) is 9.59 Å². The number of carbonyl (C=O) groups excluding carboxylic acids is 1. The van der Waals surface area contributed by atoms with Gasteiger partial charge in [-0.15, -0.1) is 0 Å². The molecule has 0 saturated carbocycles. The number of rotatable bonds is 10. The van der Waals surface area contributed by atoms with Crippen LogP contribution in [0.25, 0.3) is 0 Å². The maximum Gasteiger partial charge on any atom is 0.305 e. The monoisotopic (exact) mass is 477 g/mol. The molecule has 0 heterocycles. The highest BCUT2D eigenvalue weighted by Crippen LogP contribution is 2.40. The molecule has 0 saturated heterocycles. The highest BCUT2D eigenvalue weighted by atomic mass is 16.4. The second-order valence-corrected chi connectivity index (χ2v) is 10.0. The van der Waals surface area contributed by atoms with Crippen molar-refractivity contribution < 1.29 is 19.8 Å². The maximum atomic E-state index is 12.5. The summed E-state index contributed by atoms with van der Waals surface area (Å²) in [6, 6.07) is 7.08. The summed E-state index contributed by atoms with van der Waals surface area (Å²) in [7, 11) is 0. The van der Waals surface area contributed by atoms with Crippen LogP contribution in [0.2, 0.25) is 0 Å². The first-order chi connectivity index (χ1) is 16.5. The highest BCUT2D eigenvalue weighted by Gasteiger charge is 2.26.